The zero-order valence-electron chi connectivity index (χ0n) is 21.5. The van der Waals surface area contributed by atoms with E-state index in [2.05, 4.69) is 20.4 Å². The average molecular weight is 543 g/mol. The summed E-state index contributed by atoms with van der Waals surface area (Å²) in [6.45, 7) is 1.91. The molecule has 5 rings (SSSR count). The van der Waals surface area contributed by atoms with Crippen LogP contribution in [-0.2, 0) is 34.7 Å². The molecule has 1 fully saturated rings. The van der Waals surface area contributed by atoms with Crippen LogP contribution in [0.25, 0.3) is 11.1 Å². The minimum atomic E-state index is -3.64. The molecule has 0 atom stereocenters. The van der Waals surface area contributed by atoms with Crippen LogP contribution in [-0.4, -0.2) is 54.4 Å². The molecule has 0 unspecified atom stereocenters. The van der Waals surface area contributed by atoms with Crippen LogP contribution in [0.15, 0.2) is 35.5 Å². The molecule has 2 aromatic heterocycles. The number of nitrogens with one attached hydrogen (secondary N) is 1. The lowest BCUT2D eigenvalue weighted by molar-refractivity contribution is -0.119. The second-order valence-electron chi connectivity index (χ2n) is 9.81. The Bertz CT molecular complexity index is 1580. The fraction of sp³-hybridized carbons (Fsp3) is 0.385. The lowest BCUT2D eigenvalue weighted by Crippen LogP contribution is -2.25. The van der Waals surface area contributed by atoms with Crippen molar-refractivity contribution in [3.05, 3.63) is 47.5 Å². The zero-order chi connectivity index (χ0) is 27.4. The quantitative estimate of drug-likeness (QED) is 0.431. The molecule has 1 saturated carbocycles. The van der Waals surface area contributed by atoms with Crippen molar-refractivity contribution >= 4 is 44.3 Å². The van der Waals surface area contributed by atoms with Gasteiger partial charge < -0.3 is 5.32 Å². The van der Waals surface area contributed by atoms with Crippen molar-refractivity contribution in [3.8, 4) is 11.1 Å². The highest BCUT2D eigenvalue weighted by Crippen LogP contribution is 2.41. The van der Waals surface area contributed by atoms with Gasteiger partial charge in [0.15, 0.2) is 0 Å². The first kappa shape index (κ1) is 26.0. The van der Waals surface area contributed by atoms with Crippen LogP contribution in [0.5, 0.6) is 0 Å². The van der Waals surface area contributed by atoms with Gasteiger partial charge in [-0.1, -0.05) is 6.07 Å². The summed E-state index contributed by atoms with van der Waals surface area (Å²) in [5.41, 5.74) is 4.49. The highest BCUT2D eigenvalue weighted by atomic mass is 32.2. The highest BCUT2D eigenvalue weighted by molar-refractivity contribution is 7.92. The number of pyridine rings is 1. The number of carbonyl (C=O) groups is 1. The zero-order valence-corrected chi connectivity index (χ0v) is 22.3. The number of alkyl halides is 2. The number of aryl methyl sites for hydroxylation is 1. The Morgan fingerprint density at radius 3 is 2.58 bits per heavy atom. The molecular formula is C26H28F2N6O3S. The lowest BCUT2D eigenvalue weighted by Gasteiger charge is -2.23. The molecule has 0 spiro atoms. The number of benzene rings is 1. The number of aliphatic imine (C=N–C) groups is 1. The number of nitrogens with zero attached hydrogens (tertiary/aromatic N) is 5. The minimum Gasteiger partial charge on any atom is -0.352 e. The molecule has 2 aliphatic rings. The van der Waals surface area contributed by atoms with Crippen LogP contribution in [0.2, 0.25) is 0 Å². The maximum Gasteiger partial charge on any atom is 0.277 e. The molecule has 1 aliphatic heterocycles. The van der Waals surface area contributed by atoms with E-state index in [4.69, 9.17) is 0 Å². The fourth-order valence-corrected chi connectivity index (χ4v) is 4.97. The maximum absolute atomic E-state index is 13.5. The molecule has 0 amide bonds. The number of aromatic nitrogens is 3. The molecular weight excluding hydrogens is 514 g/mol. The van der Waals surface area contributed by atoms with E-state index < -0.39 is 16.4 Å². The summed E-state index contributed by atoms with van der Waals surface area (Å²) in [4.78, 5) is 21.1. The number of halogens is 2. The predicted molar refractivity (Wildman–Crippen MR) is 142 cm³/mol. The van der Waals surface area contributed by atoms with Crippen LogP contribution in [0, 0.1) is 12.8 Å². The van der Waals surface area contributed by atoms with E-state index in [1.54, 1.807) is 29.1 Å². The molecule has 12 heteroatoms. The smallest absolute Gasteiger partial charge is 0.277 e. The third-order valence-electron chi connectivity index (χ3n) is 7.01. The molecule has 9 nitrogen and oxygen atoms in total. The van der Waals surface area contributed by atoms with Gasteiger partial charge in [-0.3, -0.25) is 18.8 Å². The number of sulfonamides is 1. The summed E-state index contributed by atoms with van der Waals surface area (Å²) < 4.78 is 55.0. The summed E-state index contributed by atoms with van der Waals surface area (Å²) in [5, 5.41) is 7.49. The fourth-order valence-electron chi connectivity index (χ4n) is 4.46. The van der Waals surface area contributed by atoms with Crippen LogP contribution in [0.3, 0.4) is 0 Å². The first-order chi connectivity index (χ1) is 17.9. The number of carbonyl (C=O) groups excluding carboxylic acids is 1. The summed E-state index contributed by atoms with van der Waals surface area (Å²) in [7, 11) is -0.379. The SMILES string of the molecule is Cc1c(-c2ccc(Nc3cc(CC(=O)C4CC4)nc4c3N=C(C(F)F)C4)c(N(C)S(C)(=O)=O)c2)cnn1C. The van der Waals surface area contributed by atoms with Gasteiger partial charge in [0, 0.05) is 44.1 Å². The van der Waals surface area contributed by atoms with Crippen LogP contribution < -0.4 is 9.62 Å². The largest absolute Gasteiger partial charge is 0.352 e. The van der Waals surface area contributed by atoms with Crippen molar-refractivity contribution in [2.75, 3.05) is 22.9 Å². The van der Waals surface area contributed by atoms with Crippen LogP contribution >= 0.6 is 0 Å². The number of fused-ring (bicyclic) bond motifs is 1. The van der Waals surface area contributed by atoms with Gasteiger partial charge in [-0.2, -0.15) is 5.10 Å². The van der Waals surface area contributed by atoms with E-state index in [0.717, 1.165) is 40.2 Å². The lowest BCUT2D eigenvalue weighted by atomic mass is 10.0. The van der Waals surface area contributed by atoms with Gasteiger partial charge in [0.25, 0.3) is 6.43 Å². The van der Waals surface area contributed by atoms with Crippen LogP contribution in [0.1, 0.15) is 29.9 Å². The van der Waals surface area contributed by atoms with Crippen molar-refractivity contribution in [2.24, 2.45) is 18.0 Å². The Morgan fingerprint density at radius 2 is 1.97 bits per heavy atom. The Kier molecular flexibility index (Phi) is 6.54. The highest BCUT2D eigenvalue weighted by Gasteiger charge is 2.31. The Labute approximate surface area is 219 Å². The topological polar surface area (TPSA) is 110 Å². The van der Waals surface area contributed by atoms with Gasteiger partial charge in [0.2, 0.25) is 10.0 Å². The third kappa shape index (κ3) is 5.04. The van der Waals surface area contributed by atoms with Crippen molar-refractivity contribution < 1.29 is 22.0 Å². The van der Waals surface area contributed by atoms with Crippen molar-refractivity contribution in [3.63, 3.8) is 0 Å². The Balaban J connectivity index is 1.59. The molecule has 0 bridgehead atoms. The van der Waals surface area contributed by atoms with Crippen molar-refractivity contribution in [1.82, 2.24) is 14.8 Å². The first-order valence-corrected chi connectivity index (χ1v) is 14.0. The summed E-state index contributed by atoms with van der Waals surface area (Å²) in [5.74, 6) is 0.109. The molecule has 200 valence electrons. The number of anilines is 3. The molecule has 0 radical (unpaired) electrons. The monoisotopic (exact) mass is 542 g/mol. The van der Waals surface area contributed by atoms with Gasteiger partial charge in [-0.25, -0.2) is 22.2 Å². The standard InChI is InChI=1S/C26H28F2N6O3S/c1-14-18(13-29-33(14)2)16-7-8-19(23(9-16)34(3)38(4,36)37)31-20-10-17(11-24(35)15-5-6-15)30-21-12-22(26(27)28)32-25(20)21/h7-10,13,15,26H,5-6,11-12H2,1-4H3,(H,30,31). The van der Waals surface area contributed by atoms with Gasteiger partial charge in [0.05, 0.1) is 46.6 Å². The molecule has 3 heterocycles. The number of rotatable bonds is 9. The molecule has 1 N–H and O–H groups in total. The van der Waals surface area contributed by atoms with Gasteiger partial charge in [-0.05, 0) is 43.5 Å². The van der Waals surface area contributed by atoms with E-state index >= 15 is 0 Å². The summed E-state index contributed by atoms with van der Waals surface area (Å²) >= 11 is 0. The summed E-state index contributed by atoms with van der Waals surface area (Å²) in [6.07, 6.45) is 1.79. The maximum atomic E-state index is 13.5. The summed E-state index contributed by atoms with van der Waals surface area (Å²) in [6, 6.07) is 6.94. The molecule has 1 aromatic carbocycles. The number of Topliss-reactive ketones (excluding diaryl/α,β-unsaturated/α-hetero) is 1. The van der Waals surface area contributed by atoms with E-state index in [0.29, 0.717) is 28.5 Å². The minimum absolute atomic E-state index is 0.0350. The Morgan fingerprint density at radius 1 is 1.24 bits per heavy atom. The van der Waals surface area contributed by atoms with Gasteiger partial charge >= 0.3 is 0 Å². The third-order valence-corrected chi connectivity index (χ3v) is 8.20. The number of hydrogen-bond donors (Lipinski definition) is 1. The van der Waals surface area contributed by atoms with E-state index in [9.17, 15) is 22.0 Å². The average Bonchev–Trinajstić information content (AvgIpc) is 3.53. The second-order valence-corrected chi connectivity index (χ2v) is 11.8. The predicted octanol–water partition coefficient (Wildman–Crippen LogP) is 4.35. The molecule has 1 aliphatic carbocycles. The normalized spacial score (nSPS) is 15.0. The van der Waals surface area contributed by atoms with Gasteiger partial charge in [0.1, 0.15) is 11.5 Å². The van der Waals surface area contributed by atoms with E-state index in [-0.39, 0.29) is 35.9 Å². The van der Waals surface area contributed by atoms with E-state index in [1.807, 2.05) is 20.0 Å². The Hall–Kier alpha value is -3.67. The van der Waals surface area contributed by atoms with Crippen molar-refractivity contribution in [2.45, 2.75) is 39.0 Å². The molecule has 3 aromatic rings. The van der Waals surface area contributed by atoms with Gasteiger partial charge in [-0.15, -0.1) is 0 Å². The number of hydrogen-bond acceptors (Lipinski definition) is 7. The number of ketones is 1. The molecule has 0 saturated heterocycles. The van der Waals surface area contributed by atoms with Crippen molar-refractivity contribution in [1.29, 1.82) is 0 Å². The second kappa shape index (κ2) is 9.57. The van der Waals surface area contributed by atoms with E-state index in [1.165, 1.54) is 7.05 Å². The van der Waals surface area contributed by atoms with Crippen LogP contribution in [0.4, 0.5) is 31.5 Å². The first-order valence-electron chi connectivity index (χ1n) is 12.2. The molecule has 38 heavy (non-hydrogen) atoms.